The van der Waals surface area contributed by atoms with E-state index in [0.29, 0.717) is 0 Å². The van der Waals surface area contributed by atoms with Crippen LogP contribution in [0.2, 0.25) is 0 Å². The molecule has 3 unspecified atom stereocenters. The van der Waals surface area contributed by atoms with E-state index in [0.717, 1.165) is 25.7 Å². The van der Waals surface area contributed by atoms with Gasteiger partial charge in [0.25, 0.3) is 0 Å². The van der Waals surface area contributed by atoms with Crippen LogP contribution >= 0.6 is 12.4 Å². The first-order valence-corrected chi connectivity index (χ1v) is 5.90. The first-order valence-electron chi connectivity index (χ1n) is 5.90. The van der Waals surface area contributed by atoms with Crippen LogP contribution in [0.15, 0.2) is 0 Å². The largest absolute Gasteiger partial charge is 0.383 e. The standard InChI is InChI=1S/C11H21N3O3.ClH/c1-17-6-8(12)11(16)14-9-5-3-2-4-7(9)10(13)15;/h7-9H,2-6,12H2,1H3,(H2,13,15)(H,14,16);1H. The lowest BCUT2D eigenvalue weighted by molar-refractivity contribution is -0.127. The van der Waals surface area contributed by atoms with E-state index in [1.807, 2.05) is 0 Å². The highest BCUT2D eigenvalue weighted by Crippen LogP contribution is 2.24. The minimum atomic E-state index is -0.699. The van der Waals surface area contributed by atoms with Crippen molar-refractivity contribution in [3.63, 3.8) is 0 Å². The normalized spacial score (nSPS) is 24.8. The van der Waals surface area contributed by atoms with E-state index in [2.05, 4.69) is 5.32 Å². The first kappa shape index (κ1) is 17.2. The summed E-state index contributed by atoms with van der Waals surface area (Å²) in [6.07, 6.45) is 3.48. The second kappa shape index (κ2) is 8.29. The van der Waals surface area contributed by atoms with Crippen LogP contribution in [0.4, 0.5) is 0 Å². The number of halogens is 1. The number of hydrogen-bond acceptors (Lipinski definition) is 4. The van der Waals surface area contributed by atoms with Gasteiger partial charge in [-0.1, -0.05) is 12.8 Å². The molecule has 1 aliphatic carbocycles. The molecule has 6 nitrogen and oxygen atoms in total. The van der Waals surface area contributed by atoms with Gasteiger partial charge in [0.15, 0.2) is 0 Å². The molecule has 1 fully saturated rings. The fraction of sp³-hybridized carbons (Fsp3) is 0.818. The molecule has 0 heterocycles. The maximum Gasteiger partial charge on any atom is 0.239 e. The lowest BCUT2D eigenvalue weighted by Crippen LogP contribution is -2.52. The summed E-state index contributed by atoms with van der Waals surface area (Å²) in [6, 6.07) is -0.882. The second-order valence-corrected chi connectivity index (χ2v) is 4.47. The van der Waals surface area contributed by atoms with Crippen LogP contribution in [0.1, 0.15) is 25.7 Å². The fourth-order valence-corrected chi connectivity index (χ4v) is 2.19. The van der Waals surface area contributed by atoms with Crippen molar-refractivity contribution in [2.75, 3.05) is 13.7 Å². The molecule has 0 aromatic carbocycles. The SMILES string of the molecule is COCC(N)C(=O)NC1CCCCC1C(N)=O.Cl. The predicted molar refractivity (Wildman–Crippen MR) is 70.2 cm³/mol. The Labute approximate surface area is 113 Å². The van der Waals surface area contributed by atoms with Crippen LogP contribution in [0.3, 0.4) is 0 Å². The highest BCUT2D eigenvalue weighted by Gasteiger charge is 2.31. The monoisotopic (exact) mass is 279 g/mol. The summed E-state index contributed by atoms with van der Waals surface area (Å²) in [7, 11) is 1.49. The lowest BCUT2D eigenvalue weighted by Gasteiger charge is -2.30. The van der Waals surface area contributed by atoms with Gasteiger partial charge in [-0.2, -0.15) is 0 Å². The van der Waals surface area contributed by atoms with E-state index < -0.39 is 6.04 Å². The minimum Gasteiger partial charge on any atom is -0.383 e. The Kier molecular flexibility index (Phi) is 7.90. The average molecular weight is 280 g/mol. The van der Waals surface area contributed by atoms with Crippen LogP contribution in [-0.4, -0.2) is 37.6 Å². The van der Waals surface area contributed by atoms with Gasteiger partial charge in [0.1, 0.15) is 6.04 Å². The number of hydrogen-bond donors (Lipinski definition) is 3. The van der Waals surface area contributed by atoms with Crippen molar-refractivity contribution >= 4 is 24.2 Å². The van der Waals surface area contributed by atoms with Gasteiger partial charge in [0, 0.05) is 13.2 Å². The molecule has 0 aliphatic heterocycles. The molecule has 106 valence electrons. The van der Waals surface area contributed by atoms with E-state index in [1.165, 1.54) is 7.11 Å². The van der Waals surface area contributed by atoms with Crippen molar-refractivity contribution < 1.29 is 14.3 Å². The van der Waals surface area contributed by atoms with Crippen molar-refractivity contribution in [1.82, 2.24) is 5.32 Å². The third kappa shape index (κ3) is 4.80. The van der Waals surface area contributed by atoms with E-state index >= 15 is 0 Å². The van der Waals surface area contributed by atoms with E-state index in [-0.39, 0.29) is 42.8 Å². The number of nitrogens with two attached hydrogens (primary N) is 2. The molecular weight excluding hydrogens is 258 g/mol. The average Bonchev–Trinajstić information content (AvgIpc) is 2.29. The third-order valence-corrected chi connectivity index (χ3v) is 3.14. The molecule has 3 atom stereocenters. The van der Waals surface area contributed by atoms with Gasteiger partial charge in [-0.05, 0) is 12.8 Å². The van der Waals surface area contributed by atoms with Gasteiger partial charge >= 0.3 is 0 Å². The Hall–Kier alpha value is -0.850. The molecule has 0 spiro atoms. The number of rotatable bonds is 5. The number of carbonyl (C=O) groups excluding carboxylic acids is 2. The number of primary amides is 1. The number of nitrogens with one attached hydrogen (secondary N) is 1. The zero-order chi connectivity index (χ0) is 12.8. The minimum absolute atomic E-state index is 0. The highest BCUT2D eigenvalue weighted by atomic mass is 35.5. The number of ether oxygens (including phenoxy) is 1. The van der Waals surface area contributed by atoms with Crippen LogP contribution in [0.5, 0.6) is 0 Å². The molecule has 2 amide bonds. The molecule has 0 saturated heterocycles. The van der Waals surface area contributed by atoms with Crippen LogP contribution in [0, 0.1) is 5.92 Å². The van der Waals surface area contributed by atoms with Gasteiger partial charge < -0.3 is 21.5 Å². The molecule has 0 aromatic rings. The second-order valence-electron chi connectivity index (χ2n) is 4.47. The summed E-state index contributed by atoms with van der Waals surface area (Å²) in [5.41, 5.74) is 10.9. The molecule has 1 rings (SSSR count). The van der Waals surface area contributed by atoms with Gasteiger partial charge in [-0.3, -0.25) is 9.59 Å². The summed E-state index contributed by atoms with van der Waals surface area (Å²) < 4.78 is 4.81. The molecule has 5 N–H and O–H groups in total. The van der Waals surface area contributed by atoms with Crippen molar-refractivity contribution in [3.8, 4) is 0 Å². The van der Waals surface area contributed by atoms with Crippen LogP contribution in [-0.2, 0) is 14.3 Å². The topological polar surface area (TPSA) is 107 Å². The smallest absolute Gasteiger partial charge is 0.239 e. The van der Waals surface area contributed by atoms with Gasteiger partial charge in [0.05, 0.1) is 12.5 Å². The lowest BCUT2D eigenvalue weighted by atomic mass is 9.84. The van der Waals surface area contributed by atoms with Crippen LogP contribution < -0.4 is 16.8 Å². The molecule has 1 saturated carbocycles. The number of methoxy groups -OCH3 is 1. The molecule has 0 aromatic heterocycles. The summed E-state index contributed by atoms with van der Waals surface area (Å²) in [4.78, 5) is 23.0. The Bertz CT molecular complexity index is 289. The summed E-state index contributed by atoms with van der Waals surface area (Å²) in [5, 5.41) is 2.79. The Balaban J connectivity index is 0.00000289. The summed E-state index contributed by atoms with van der Waals surface area (Å²) in [6.45, 7) is 0.166. The van der Waals surface area contributed by atoms with E-state index in [9.17, 15) is 9.59 Å². The molecule has 18 heavy (non-hydrogen) atoms. The molecule has 0 radical (unpaired) electrons. The summed E-state index contributed by atoms with van der Waals surface area (Å²) in [5.74, 6) is -0.914. The fourth-order valence-electron chi connectivity index (χ4n) is 2.19. The van der Waals surface area contributed by atoms with Crippen molar-refractivity contribution in [2.45, 2.75) is 37.8 Å². The zero-order valence-electron chi connectivity index (χ0n) is 10.6. The number of amides is 2. The Morgan fingerprint density at radius 1 is 1.39 bits per heavy atom. The first-order chi connectivity index (χ1) is 8.06. The molecule has 0 bridgehead atoms. The van der Waals surface area contributed by atoms with Crippen molar-refractivity contribution in [3.05, 3.63) is 0 Å². The summed E-state index contributed by atoms with van der Waals surface area (Å²) >= 11 is 0. The predicted octanol–water partition coefficient (Wildman–Crippen LogP) is -0.458. The van der Waals surface area contributed by atoms with Crippen molar-refractivity contribution in [2.24, 2.45) is 17.4 Å². The number of carbonyl (C=O) groups is 2. The molecule has 1 aliphatic rings. The maximum atomic E-state index is 11.7. The van der Waals surface area contributed by atoms with Gasteiger partial charge in [-0.25, -0.2) is 0 Å². The van der Waals surface area contributed by atoms with E-state index in [4.69, 9.17) is 16.2 Å². The maximum absolute atomic E-state index is 11.7. The van der Waals surface area contributed by atoms with E-state index in [1.54, 1.807) is 0 Å². The Morgan fingerprint density at radius 2 is 2.00 bits per heavy atom. The van der Waals surface area contributed by atoms with Gasteiger partial charge in [-0.15, -0.1) is 12.4 Å². The third-order valence-electron chi connectivity index (χ3n) is 3.14. The Morgan fingerprint density at radius 3 is 2.56 bits per heavy atom. The molecule has 7 heteroatoms. The quantitative estimate of drug-likeness (QED) is 0.633. The van der Waals surface area contributed by atoms with Crippen molar-refractivity contribution in [1.29, 1.82) is 0 Å². The zero-order valence-corrected chi connectivity index (χ0v) is 11.4. The molecular formula is C11H22ClN3O3. The van der Waals surface area contributed by atoms with Gasteiger partial charge in [0.2, 0.25) is 11.8 Å². The van der Waals surface area contributed by atoms with Crippen LogP contribution in [0.25, 0.3) is 0 Å². The highest BCUT2D eigenvalue weighted by molar-refractivity contribution is 5.85.